The van der Waals surface area contributed by atoms with E-state index < -0.39 is 6.09 Å². The van der Waals surface area contributed by atoms with Crippen molar-refractivity contribution in [3.8, 4) is 0 Å². The number of hydrogen-bond donors (Lipinski definition) is 2. The fourth-order valence-electron chi connectivity index (χ4n) is 2.26. The second kappa shape index (κ2) is 6.75. The molecular formula is C13H17BrN4O3. The molecule has 21 heavy (non-hydrogen) atoms. The molecule has 1 aromatic heterocycles. The fourth-order valence-corrected chi connectivity index (χ4v) is 2.61. The van der Waals surface area contributed by atoms with Crippen LogP contribution in [-0.4, -0.2) is 60.2 Å². The highest BCUT2D eigenvalue weighted by Gasteiger charge is 2.23. The molecule has 1 saturated heterocycles. The van der Waals surface area contributed by atoms with Crippen LogP contribution < -0.4 is 10.2 Å². The number of pyridine rings is 1. The summed E-state index contributed by atoms with van der Waals surface area (Å²) in [7, 11) is 1.59. The first-order valence-electron chi connectivity index (χ1n) is 6.60. The first kappa shape index (κ1) is 15.6. The van der Waals surface area contributed by atoms with Gasteiger partial charge in [-0.1, -0.05) is 0 Å². The van der Waals surface area contributed by atoms with E-state index in [1.807, 2.05) is 12.1 Å². The number of carbonyl (C=O) groups excluding carboxylic acids is 1. The third-order valence-corrected chi connectivity index (χ3v) is 3.86. The summed E-state index contributed by atoms with van der Waals surface area (Å²) in [6.45, 7) is 2.09. The topological polar surface area (TPSA) is 85.8 Å². The van der Waals surface area contributed by atoms with Crippen molar-refractivity contribution in [2.24, 2.45) is 0 Å². The number of nitrogens with zero attached hydrogens (tertiary/aromatic N) is 3. The zero-order valence-electron chi connectivity index (χ0n) is 11.7. The molecule has 0 atom stereocenters. The Morgan fingerprint density at radius 1 is 1.33 bits per heavy atom. The van der Waals surface area contributed by atoms with Crippen LogP contribution in [0.15, 0.2) is 16.7 Å². The van der Waals surface area contributed by atoms with E-state index in [4.69, 9.17) is 5.11 Å². The second-order valence-electron chi connectivity index (χ2n) is 4.71. The summed E-state index contributed by atoms with van der Waals surface area (Å²) in [5, 5.41) is 11.6. The van der Waals surface area contributed by atoms with Crippen molar-refractivity contribution in [2.45, 2.75) is 6.42 Å². The van der Waals surface area contributed by atoms with Crippen LogP contribution in [0.25, 0.3) is 0 Å². The molecule has 0 aromatic carbocycles. The van der Waals surface area contributed by atoms with Gasteiger partial charge in [0.2, 0.25) is 5.91 Å². The first-order valence-corrected chi connectivity index (χ1v) is 7.39. The van der Waals surface area contributed by atoms with E-state index in [-0.39, 0.29) is 12.3 Å². The molecule has 0 spiro atoms. The third kappa shape index (κ3) is 3.84. The Balaban J connectivity index is 2.16. The predicted molar refractivity (Wildman–Crippen MR) is 81.5 cm³/mol. The van der Waals surface area contributed by atoms with Gasteiger partial charge in [-0.2, -0.15) is 0 Å². The van der Waals surface area contributed by atoms with E-state index in [0.29, 0.717) is 36.5 Å². The summed E-state index contributed by atoms with van der Waals surface area (Å²) in [5.74, 6) is -0.106. The molecular weight excluding hydrogens is 340 g/mol. The van der Waals surface area contributed by atoms with Crippen molar-refractivity contribution in [3.63, 3.8) is 0 Å². The maximum Gasteiger partial charge on any atom is 0.407 e. The van der Waals surface area contributed by atoms with Gasteiger partial charge in [0, 0.05) is 33.2 Å². The van der Waals surface area contributed by atoms with Gasteiger partial charge in [-0.3, -0.25) is 4.79 Å². The molecule has 0 unspecified atom stereocenters. The van der Waals surface area contributed by atoms with E-state index in [9.17, 15) is 9.59 Å². The fraction of sp³-hybridized carbons (Fsp3) is 0.462. The number of likely N-dealkylation sites (N-methyl/N-ethyl adjacent to an activating group) is 1. The van der Waals surface area contributed by atoms with Crippen LogP contribution in [0.1, 0.15) is 5.69 Å². The molecule has 8 heteroatoms. The number of nitrogens with one attached hydrogen (secondary N) is 1. The molecule has 114 valence electrons. The lowest BCUT2D eigenvalue weighted by Gasteiger charge is -2.35. The Morgan fingerprint density at radius 3 is 2.57 bits per heavy atom. The number of halogens is 1. The Hall–Kier alpha value is -1.83. The molecule has 2 rings (SSSR count). The molecule has 1 fully saturated rings. The van der Waals surface area contributed by atoms with Gasteiger partial charge in [-0.15, -0.1) is 0 Å². The number of rotatable bonds is 3. The molecule has 0 saturated carbocycles. The van der Waals surface area contributed by atoms with E-state index in [1.54, 1.807) is 7.05 Å². The quantitative estimate of drug-likeness (QED) is 0.787. The van der Waals surface area contributed by atoms with E-state index in [1.165, 1.54) is 4.90 Å². The second-order valence-corrected chi connectivity index (χ2v) is 5.52. The molecule has 0 radical (unpaired) electrons. The van der Waals surface area contributed by atoms with E-state index in [0.717, 1.165) is 5.69 Å². The number of carboxylic acid groups (broad SMARTS) is 1. The lowest BCUT2D eigenvalue weighted by Crippen LogP contribution is -2.48. The maximum absolute atomic E-state index is 11.6. The van der Waals surface area contributed by atoms with Crippen LogP contribution in [0.4, 0.5) is 10.5 Å². The molecule has 2 amide bonds. The molecule has 7 nitrogen and oxygen atoms in total. The molecule has 2 N–H and O–H groups in total. The minimum atomic E-state index is -0.894. The van der Waals surface area contributed by atoms with Crippen LogP contribution in [-0.2, 0) is 11.2 Å². The molecule has 2 heterocycles. The maximum atomic E-state index is 11.6. The zero-order valence-corrected chi connectivity index (χ0v) is 13.3. The summed E-state index contributed by atoms with van der Waals surface area (Å²) in [4.78, 5) is 30.4. The lowest BCUT2D eigenvalue weighted by atomic mass is 10.2. The van der Waals surface area contributed by atoms with Crippen molar-refractivity contribution >= 4 is 33.6 Å². The van der Waals surface area contributed by atoms with Crippen LogP contribution in [0.2, 0.25) is 0 Å². The van der Waals surface area contributed by atoms with Gasteiger partial charge in [0.25, 0.3) is 0 Å². The number of anilines is 1. The number of piperazine rings is 1. The lowest BCUT2D eigenvalue weighted by molar-refractivity contribution is -0.120. The average Bonchev–Trinajstić information content (AvgIpc) is 2.47. The minimum Gasteiger partial charge on any atom is -0.465 e. The predicted octanol–water partition coefficient (Wildman–Crippen LogP) is 0.933. The third-order valence-electron chi connectivity index (χ3n) is 3.41. The summed E-state index contributed by atoms with van der Waals surface area (Å²) in [5.41, 5.74) is 1.57. The smallest absolute Gasteiger partial charge is 0.407 e. The monoisotopic (exact) mass is 356 g/mol. The van der Waals surface area contributed by atoms with Gasteiger partial charge in [0.15, 0.2) is 0 Å². The molecule has 0 aliphatic carbocycles. The number of aromatic nitrogens is 1. The van der Waals surface area contributed by atoms with Crippen molar-refractivity contribution < 1.29 is 14.7 Å². The molecule has 1 aliphatic heterocycles. The number of carbonyl (C=O) groups is 2. The molecule has 1 aromatic rings. The zero-order chi connectivity index (χ0) is 15.4. The van der Waals surface area contributed by atoms with Gasteiger partial charge in [-0.25, -0.2) is 9.78 Å². The van der Waals surface area contributed by atoms with Crippen LogP contribution in [0, 0.1) is 0 Å². The Bertz CT molecular complexity index is 544. The van der Waals surface area contributed by atoms with Gasteiger partial charge >= 0.3 is 6.09 Å². The highest BCUT2D eigenvalue weighted by Crippen LogP contribution is 2.23. The highest BCUT2D eigenvalue weighted by molar-refractivity contribution is 9.10. The first-order chi connectivity index (χ1) is 10.0. The average molecular weight is 357 g/mol. The number of hydrogen-bond acceptors (Lipinski definition) is 4. The summed E-state index contributed by atoms with van der Waals surface area (Å²) >= 11 is 3.31. The standard InChI is InChI=1S/C13H17BrN4O3/c1-15-12(19)8-9-10(2-3-11(14)16-9)17-4-6-18(7-5-17)13(20)21/h2-3H,4-8H2,1H3,(H,15,19)(H,20,21). The normalized spacial score (nSPS) is 15.0. The van der Waals surface area contributed by atoms with Crippen molar-refractivity contribution in [1.82, 2.24) is 15.2 Å². The Morgan fingerprint density at radius 2 is 2.00 bits per heavy atom. The van der Waals surface area contributed by atoms with Crippen molar-refractivity contribution in [3.05, 3.63) is 22.4 Å². The molecule has 1 aliphatic rings. The summed E-state index contributed by atoms with van der Waals surface area (Å²) in [6, 6.07) is 3.73. The number of amides is 2. The van der Waals surface area contributed by atoms with Crippen LogP contribution >= 0.6 is 15.9 Å². The van der Waals surface area contributed by atoms with Crippen molar-refractivity contribution in [2.75, 3.05) is 38.1 Å². The van der Waals surface area contributed by atoms with Gasteiger partial charge in [0.1, 0.15) is 4.60 Å². The minimum absolute atomic E-state index is 0.106. The Kier molecular flexibility index (Phi) is 5.00. The van der Waals surface area contributed by atoms with Crippen LogP contribution in [0.5, 0.6) is 0 Å². The van der Waals surface area contributed by atoms with Gasteiger partial charge in [-0.05, 0) is 28.1 Å². The van der Waals surface area contributed by atoms with E-state index in [2.05, 4.69) is 31.1 Å². The highest BCUT2D eigenvalue weighted by atomic mass is 79.9. The summed E-state index contributed by atoms with van der Waals surface area (Å²) < 4.78 is 0.675. The SMILES string of the molecule is CNC(=O)Cc1nc(Br)ccc1N1CCN(C(=O)O)CC1. The molecule has 0 bridgehead atoms. The summed E-state index contributed by atoms with van der Waals surface area (Å²) in [6.07, 6.45) is -0.695. The van der Waals surface area contributed by atoms with Gasteiger partial charge < -0.3 is 20.2 Å². The largest absolute Gasteiger partial charge is 0.465 e. The Labute approximate surface area is 131 Å². The van der Waals surface area contributed by atoms with Crippen molar-refractivity contribution in [1.29, 1.82) is 0 Å². The van der Waals surface area contributed by atoms with Gasteiger partial charge in [0.05, 0.1) is 17.8 Å². The van der Waals surface area contributed by atoms with Crippen LogP contribution in [0.3, 0.4) is 0 Å². The van der Waals surface area contributed by atoms with E-state index >= 15 is 0 Å².